The minimum absolute atomic E-state index is 0.0130. The molecule has 16 N–H and O–H groups in total. The molecule has 23 nitrogen and oxygen atoms in total. The van der Waals surface area contributed by atoms with Gasteiger partial charge in [-0.15, -0.1) is 0 Å². The van der Waals surface area contributed by atoms with Crippen LogP contribution in [0.5, 0.6) is 5.75 Å². The second-order valence-electron chi connectivity index (χ2n) is 22.0. The van der Waals surface area contributed by atoms with Crippen molar-refractivity contribution in [2.24, 2.45) is 17.6 Å². The van der Waals surface area contributed by atoms with E-state index in [-0.39, 0.29) is 30.7 Å². The molecule has 5 rings (SSSR count). The average molecular weight is 1140 g/mol. The van der Waals surface area contributed by atoms with E-state index >= 15 is 0 Å². The molecule has 24 heteroatoms. The number of rotatable bonds is 22. The van der Waals surface area contributed by atoms with Gasteiger partial charge in [0, 0.05) is 30.7 Å². The van der Waals surface area contributed by atoms with E-state index in [9.17, 15) is 74.4 Å². The number of hydrogen-bond donors (Lipinski definition) is 15. The van der Waals surface area contributed by atoms with Crippen LogP contribution in [0.4, 0.5) is 0 Å². The number of nitrogens with zero attached hydrogens (tertiary/aromatic N) is 1. The smallest absolute Gasteiger partial charge is 0.248 e. The van der Waals surface area contributed by atoms with Crippen LogP contribution < -0.4 is 37.6 Å². The maximum absolute atomic E-state index is 14.6. The van der Waals surface area contributed by atoms with Crippen LogP contribution in [0.15, 0.2) is 59.5 Å². The first-order valence-electron chi connectivity index (χ1n) is 28.1. The molecule has 0 spiro atoms. The third-order valence-electron chi connectivity index (χ3n) is 15.3. The van der Waals surface area contributed by atoms with Gasteiger partial charge in [0.15, 0.2) is 5.78 Å². The summed E-state index contributed by atoms with van der Waals surface area (Å²) >= 11 is 0.962. The fraction of sp³-hybridized carbons (Fsp3) is 0.661. The summed E-state index contributed by atoms with van der Waals surface area (Å²) in [5.41, 5.74) is 5.71. The molecule has 0 radical (unpaired) electrons. The number of nitrogens with two attached hydrogens (primary N) is 1. The topological polar surface area (TPSA) is 383 Å². The number of fused-ring (bicyclic) bond motifs is 3. The van der Waals surface area contributed by atoms with Crippen LogP contribution in [-0.2, 0) is 33.6 Å². The molecule has 0 aliphatic carbocycles. The van der Waals surface area contributed by atoms with Gasteiger partial charge in [0.25, 0.3) is 0 Å². The van der Waals surface area contributed by atoms with Crippen LogP contribution in [0.1, 0.15) is 129 Å². The zero-order valence-corrected chi connectivity index (χ0v) is 47.0. The minimum Gasteiger partial charge on any atom is -0.508 e. The summed E-state index contributed by atoms with van der Waals surface area (Å²) in [6.07, 6.45) is -5.41. The number of aliphatic hydroxyl groups excluding tert-OH is 7. The first-order chi connectivity index (χ1) is 38.0. The molecule has 80 heavy (non-hydrogen) atoms. The minimum atomic E-state index is -2.26. The average Bonchev–Trinajstić information content (AvgIpc) is 4.03. The summed E-state index contributed by atoms with van der Waals surface area (Å²) in [5.74, 6) is -6.04. The molecule has 6 amide bonds. The van der Waals surface area contributed by atoms with E-state index in [0.717, 1.165) is 61.6 Å². The number of benzene rings is 2. The molecule has 3 saturated heterocycles. The van der Waals surface area contributed by atoms with Crippen molar-refractivity contribution in [3.63, 3.8) is 0 Å². The number of phenols is 1. The molecule has 3 heterocycles. The van der Waals surface area contributed by atoms with Crippen molar-refractivity contribution in [2.45, 2.75) is 213 Å². The summed E-state index contributed by atoms with van der Waals surface area (Å²) in [6, 6.07) is 1.04. The summed E-state index contributed by atoms with van der Waals surface area (Å²) in [6.45, 7) is 7.17. The Morgan fingerprint density at radius 3 is 2.01 bits per heavy atom. The zero-order chi connectivity index (χ0) is 58.8. The molecule has 2 aromatic carbocycles. The van der Waals surface area contributed by atoms with Crippen LogP contribution in [0, 0.1) is 11.8 Å². The van der Waals surface area contributed by atoms with Crippen LogP contribution >= 0.6 is 11.8 Å². The lowest BCUT2D eigenvalue weighted by Gasteiger charge is -2.34. The van der Waals surface area contributed by atoms with Gasteiger partial charge in [-0.05, 0) is 80.8 Å². The Hall–Kier alpha value is -5.28. The molecular weight excluding hydrogens is 1060 g/mol. The van der Waals surface area contributed by atoms with Gasteiger partial charge in [0.05, 0.1) is 36.6 Å². The lowest BCUT2D eigenvalue weighted by molar-refractivity contribution is -0.146. The number of nitrogens with one attached hydrogen (secondary N) is 6. The van der Waals surface area contributed by atoms with Gasteiger partial charge in [0.2, 0.25) is 35.4 Å². The van der Waals surface area contributed by atoms with E-state index in [2.05, 4.69) is 52.7 Å². The maximum Gasteiger partial charge on any atom is 0.248 e. The van der Waals surface area contributed by atoms with Gasteiger partial charge in [-0.2, -0.15) is 0 Å². The monoisotopic (exact) mass is 1140 g/mol. The summed E-state index contributed by atoms with van der Waals surface area (Å²) in [4.78, 5) is 102. The van der Waals surface area contributed by atoms with Gasteiger partial charge < -0.3 is 78.1 Å². The number of aromatic hydroxyl groups is 1. The number of phenolic OH excluding ortho intramolecular Hbond substituents is 1. The second kappa shape index (κ2) is 31.8. The highest BCUT2D eigenvalue weighted by Gasteiger charge is 2.48. The fourth-order valence-electron chi connectivity index (χ4n) is 10.5. The first-order valence-corrected chi connectivity index (χ1v) is 29.0. The normalized spacial score (nSPS) is 28.9. The van der Waals surface area contributed by atoms with E-state index in [1.165, 1.54) is 37.6 Å². The Morgan fingerprint density at radius 1 is 0.725 bits per heavy atom. The fourth-order valence-corrected chi connectivity index (χ4v) is 11.6. The quantitative estimate of drug-likeness (QED) is 0.0669. The predicted octanol–water partition coefficient (Wildman–Crippen LogP) is -0.369. The highest BCUT2D eigenvalue weighted by molar-refractivity contribution is 8.00. The van der Waals surface area contributed by atoms with E-state index < -0.39 is 157 Å². The predicted molar refractivity (Wildman–Crippen MR) is 296 cm³/mol. The molecule has 3 aliphatic rings. The van der Waals surface area contributed by atoms with Crippen LogP contribution in [0.2, 0.25) is 0 Å². The van der Waals surface area contributed by atoms with Crippen molar-refractivity contribution >= 4 is 53.0 Å². The standard InChI is InChI=1S/C56H86N8O15S/c1-5-30(2)25-31(3)15-11-8-6-7-9-14-18-43(71)58-38-28-42(70)55(80-36-16-12-10-13-17-36)63-53(77)46-41(69)27-37(59-46)49(73)45(40(68)23-24-57)61-54(78)47(50(74)48(72)33-19-21-34(66)22-20-33)62-52(76)39-26-35(67)29-64(39)56(79)44(32(4)65)60-51(38)75/h10,12-13,16-17,19-22,30-32,35,37-42,44-48,50,55,59,65-70,72,74H,5-9,11,14-15,18,23-29,57H2,1-4H3,(H,58,71)(H,60,75)(H,61,78)(H,62,76)(H,63,77)/t30?,31?,32-,35-,37?,38-,39+,40-,41+,42-,44+,45+,46+,47+,48+,50+,55-/m1/s1. The third-order valence-corrected chi connectivity index (χ3v) is 16.6. The third kappa shape index (κ3) is 18.9. The number of Topliss-reactive ketones (excluding diaryl/α,β-unsaturated/α-hetero) is 1. The molecule has 446 valence electrons. The molecule has 3 unspecified atom stereocenters. The van der Waals surface area contributed by atoms with Crippen LogP contribution in [0.25, 0.3) is 0 Å². The molecule has 2 aromatic rings. The summed E-state index contributed by atoms with van der Waals surface area (Å²) < 4.78 is 0. The number of carbonyl (C=O) groups excluding carboxylic acids is 7. The number of unbranched alkanes of at least 4 members (excludes halogenated alkanes) is 5. The lowest BCUT2D eigenvalue weighted by Crippen LogP contribution is -2.64. The highest BCUT2D eigenvalue weighted by atomic mass is 32.2. The second-order valence-corrected chi connectivity index (χ2v) is 23.2. The van der Waals surface area contributed by atoms with E-state index in [1.54, 1.807) is 30.3 Å². The van der Waals surface area contributed by atoms with Gasteiger partial charge in [0.1, 0.15) is 59.6 Å². The van der Waals surface area contributed by atoms with Crippen molar-refractivity contribution in [1.82, 2.24) is 36.8 Å². The number of carbonyl (C=O) groups is 7. The molecule has 2 bridgehead atoms. The number of hydrogen-bond acceptors (Lipinski definition) is 18. The Kier molecular flexibility index (Phi) is 26.0. The van der Waals surface area contributed by atoms with E-state index in [1.807, 2.05) is 0 Å². The Morgan fingerprint density at radius 2 is 1.36 bits per heavy atom. The molecule has 17 atom stereocenters. The maximum atomic E-state index is 14.6. The van der Waals surface area contributed by atoms with Crippen molar-refractivity contribution in [3.8, 4) is 5.75 Å². The van der Waals surface area contributed by atoms with Crippen LogP contribution in [0.3, 0.4) is 0 Å². The van der Waals surface area contributed by atoms with Gasteiger partial charge in [-0.1, -0.05) is 108 Å². The largest absolute Gasteiger partial charge is 0.508 e. The Balaban J connectivity index is 1.49. The zero-order valence-electron chi connectivity index (χ0n) is 46.2. The molecule has 0 saturated carbocycles. The van der Waals surface area contributed by atoms with Crippen molar-refractivity contribution in [3.05, 3.63) is 60.2 Å². The Bertz CT molecular complexity index is 2340. The molecule has 0 aromatic heterocycles. The number of thioether (sulfide) groups is 1. The molecule has 3 aliphatic heterocycles. The van der Waals surface area contributed by atoms with Crippen molar-refractivity contribution < 1.29 is 74.4 Å². The first kappa shape index (κ1) is 65.5. The van der Waals surface area contributed by atoms with E-state index in [0.29, 0.717) is 23.2 Å². The number of amides is 6. The van der Waals surface area contributed by atoms with Crippen molar-refractivity contribution in [2.75, 3.05) is 13.1 Å². The summed E-state index contributed by atoms with van der Waals surface area (Å²) in [7, 11) is 0. The highest BCUT2D eigenvalue weighted by Crippen LogP contribution is 2.29. The summed E-state index contributed by atoms with van der Waals surface area (Å²) in [5, 5.41) is 104. The van der Waals surface area contributed by atoms with Crippen LogP contribution in [-0.4, -0.2) is 184 Å². The number of ketones is 1. The lowest BCUT2D eigenvalue weighted by atomic mass is 9.91. The van der Waals surface area contributed by atoms with Crippen molar-refractivity contribution in [1.29, 1.82) is 0 Å². The Labute approximate surface area is 472 Å². The van der Waals surface area contributed by atoms with Gasteiger partial charge in [-0.3, -0.25) is 38.9 Å². The SMILES string of the molecule is CCC(C)CC(C)CCCCCCCCC(=O)N[C@@H]1C[C@@H](O)[C@@H](Sc2ccccc2)NC(=O)[C@H]2NC(C[C@@H]2O)C(=O)[C@H]([C@H](O)CCN)NC(=O)[C@H]([C@H](O)[C@@H](O)c2ccc(O)cc2)NC(=O)[C@@H]2C[C@@H](O)CN2C(=O)[C@H]([C@@H](C)O)NC1=O. The number of aliphatic hydroxyl groups is 7. The van der Waals surface area contributed by atoms with Gasteiger partial charge in [-0.25, -0.2) is 0 Å². The molecular formula is C56H86N8O15S. The van der Waals surface area contributed by atoms with Gasteiger partial charge >= 0.3 is 0 Å². The molecule has 3 fully saturated rings. The van der Waals surface area contributed by atoms with E-state index in [4.69, 9.17) is 5.73 Å².